The highest BCUT2D eigenvalue weighted by Crippen LogP contribution is 2.21. The summed E-state index contributed by atoms with van der Waals surface area (Å²) in [6.45, 7) is 8.22. The van der Waals surface area contributed by atoms with Gasteiger partial charge in [-0.05, 0) is 5.92 Å². The Morgan fingerprint density at radius 1 is 1.44 bits per heavy atom. The minimum Gasteiger partial charge on any atom is -0.366 e. The van der Waals surface area contributed by atoms with E-state index in [4.69, 9.17) is 11.6 Å². The fourth-order valence-electron chi connectivity index (χ4n) is 2.06. The van der Waals surface area contributed by atoms with Crippen LogP contribution in [0.25, 0.3) is 0 Å². The molecule has 0 atom stereocenters. The summed E-state index contributed by atoms with van der Waals surface area (Å²) < 4.78 is 1.44. The molecule has 5 nitrogen and oxygen atoms in total. The summed E-state index contributed by atoms with van der Waals surface area (Å²) in [5.74, 6) is 0.372. The monoisotopic (exact) mass is 270 g/mol. The van der Waals surface area contributed by atoms with Crippen LogP contribution in [0.15, 0.2) is 11.0 Å². The van der Waals surface area contributed by atoms with Crippen LogP contribution in [0.4, 0.5) is 5.69 Å². The second-order valence-electron chi connectivity index (χ2n) is 4.96. The van der Waals surface area contributed by atoms with Crippen LogP contribution in [0.1, 0.15) is 13.8 Å². The fraction of sp³-hybridized carbons (Fsp3) is 0.667. The van der Waals surface area contributed by atoms with Gasteiger partial charge in [0.15, 0.2) is 0 Å². The zero-order valence-electron chi connectivity index (χ0n) is 10.8. The number of hydrogen-bond acceptors (Lipinski definition) is 4. The van der Waals surface area contributed by atoms with Gasteiger partial charge in [-0.25, -0.2) is 4.68 Å². The Bertz CT molecular complexity index is 466. The van der Waals surface area contributed by atoms with E-state index < -0.39 is 0 Å². The molecule has 0 bridgehead atoms. The Hall–Kier alpha value is -1.07. The smallest absolute Gasteiger partial charge is 0.287 e. The Kier molecular flexibility index (Phi) is 4.24. The third kappa shape index (κ3) is 2.84. The number of rotatable bonds is 3. The van der Waals surface area contributed by atoms with E-state index in [1.54, 1.807) is 6.20 Å². The molecule has 0 aromatic carbocycles. The van der Waals surface area contributed by atoms with Crippen molar-refractivity contribution in [2.75, 3.05) is 31.1 Å². The molecule has 0 amide bonds. The van der Waals surface area contributed by atoms with Crippen molar-refractivity contribution >= 4 is 17.3 Å². The number of aromatic nitrogens is 2. The van der Waals surface area contributed by atoms with Gasteiger partial charge < -0.3 is 10.2 Å². The van der Waals surface area contributed by atoms with Crippen LogP contribution in [0.3, 0.4) is 0 Å². The third-order valence-electron chi connectivity index (χ3n) is 2.96. The zero-order chi connectivity index (χ0) is 13.1. The normalized spacial score (nSPS) is 16.3. The van der Waals surface area contributed by atoms with Crippen molar-refractivity contribution in [1.29, 1.82) is 0 Å². The second kappa shape index (κ2) is 5.71. The lowest BCUT2D eigenvalue weighted by Crippen LogP contribution is -2.44. The van der Waals surface area contributed by atoms with E-state index in [9.17, 15) is 4.79 Å². The molecule has 2 heterocycles. The maximum atomic E-state index is 12.1. The molecule has 18 heavy (non-hydrogen) atoms. The van der Waals surface area contributed by atoms with Crippen molar-refractivity contribution < 1.29 is 0 Å². The quantitative estimate of drug-likeness (QED) is 0.889. The van der Waals surface area contributed by atoms with Gasteiger partial charge in [-0.3, -0.25) is 4.79 Å². The summed E-state index contributed by atoms with van der Waals surface area (Å²) in [6.07, 6.45) is 1.71. The molecule has 1 aromatic rings. The van der Waals surface area contributed by atoms with E-state index in [-0.39, 0.29) is 10.6 Å². The highest BCUT2D eigenvalue weighted by molar-refractivity contribution is 6.33. The minimum atomic E-state index is -0.193. The topological polar surface area (TPSA) is 50.2 Å². The lowest BCUT2D eigenvalue weighted by atomic mass is 10.2. The van der Waals surface area contributed by atoms with Crippen LogP contribution in [-0.4, -0.2) is 36.0 Å². The van der Waals surface area contributed by atoms with Crippen LogP contribution in [0.2, 0.25) is 5.02 Å². The number of halogens is 1. The molecule has 6 heteroatoms. The van der Waals surface area contributed by atoms with Crippen LogP contribution in [-0.2, 0) is 6.54 Å². The maximum absolute atomic E-state index is 12.1. The second-order valence-corrected chi connectivity index (χ2v) is 5.34. The van der Waals surface area contributed by atoms with Gasteiger partial charge in [0.05, 0.1) is 11.9 Å². The molecule has 1 fully saturated rings. The van der Waals surface area contributed by atoms with Gasteiger partial charge in [0.25, 0.3) is 5.56 Å². The number of piperazine rings is 1. The molecule has 0 radical (unpaired) electrons. The molecule has 0 aliphatic carbocycles. The van der Waals surface area contributed by atoms with E-state index in [1.165, 1.54) is 4.68 Å². The van der Waals surface area contributed by atoms with Crippen LogP contribution in [0, 0.1) is 5.92 Å². The van der Waals surface area contributed by atoms with Crippen molar-refractivity contribution in [3.05, 3.63) is 21.6 Å². The minimum absolute atomic E-state index is 0.193. The average Bonchev–Trinajstić information content (AvgIpc) is 2.36. The average molecular weight is 271 g/mol. The van der Waals surface area contributed by atoms with E-state index in [2.05, 4.69) is 15.3 Å². The lowest BCUT2D eigenvalue weighted by Gasteiger charge is -2.29. The van der Waals surface area contributed by atoms with Gasteiger partial charge in [0.2, 0.25) is 0 Å². The van der Waals surface area contributed by atoms with Gasteiger partial charge in [-0.15, -0.1) is 0 Å². The number of hydrogen-bond donors (Lipinski definition) is 1. The first-order valence-corrected chi connectivity index (χ1v) is 6.68. The predicted octanol–water partition coefficient (Wildman–Crippen LogP) is 0.962. The van der Waals surface area contributed by atoms with Crippen molar-refractivity contribution in [3.8, 4) is 0 Å². The van der Waals surface area contributed by atoms with Crippen molar-refractivity contribution in [3.63, 3.8) is 0 Å². The maximum Gasteiger partial charge on any atom is 0.287 e. The van der Waals surface area contributed by atoms with Crippen LogP contribution < -0.4 is 15.8 Å². The number of nitrogens with zero attached hydrogens (tertiary/aromatic N) is 3. The molecule has 1 aromatic heterocycles. The Morgan fingerprint density at radius 2 is 2.11 bits per heavy atom. The molecule has 2 rings (SSSR count). The van der Waals surface area contributed by atoms with E-state index >= 15 is 0 Å². The Morgan fingerprint density at radius 3 is 2.72 bits per heavy atom. The van der Waals surface area contributed by atoms with E-state index in [1.807, 2.05) is 13.8 Å². The first-order valence-electron chi connectivity index (χ1n) is 6.31. The molecular formula is C12H19ClN4O. The van der Waals surface area contributed by atoms with Crippen molar-refractivity contribution in [2.45, 2.75) is 20.4 Å². The predicted molar refractivity (Wildman–Crippen MR) is 73.4 cm³/mol. The lowest BCUT2D eigenvalue weighted by molar-refractivity contribution is 0.463. The molecule has 0 saturated carbocycles. The largest absolute Gasteiger partial charge is 0.366 e. The van der Waals surface area contributed by atoms with Gasteiger partial charge in [-0.1, -0.05) is 25.4 Å². The molecule has 1 N–H and O–H groups in total. The summed E-state index contributed by atoms with van der Waals surface area (Å²) in [5.41, 5.74) is 0.560. The summed E-state index contributed by atoms with van der Waals surface area (Å²) in [4.78, 5) is 14.2. The van der Waals surface area contributed by atoms with Gasteiger partial charge in [0, 0.05) is 32.7 Å². The Balaban J connectivity index is 2.28. The molecular weight excluding hydrogens is 252 g/mol. The highest BCUT2D eigenvalue weighted by Gasteiger charge is 2.17. The third-order valence-corrected chi connectivity index (χ3v) is 3.32. The van der Waals surface area contributed by atoms with Gasteiger partial charge in [0.1, 0.15) is 5.02 Å². The Labute approximate surface area is 112 Å². The fourth-order valence-corrected chi connectivity index (χ4v) is 2.32. The van der Waals surface area contributed by atoms with Gasteiger partial charge in [-0.2, -0.15) is 5.10 Å². The molecule has 100 valence electrons. The SMILES string of the molecule is CC(C)Cn1ncc(N2CCNCC2)c(Cl)c1=O. The van der Waals surface area contributed by atoms with E-state index in [0.29, 0.717) is 12.5 Å². The molecule has 0 spiro atoms. The molecule has 1 saturated heterocycles. The van der Waals surface area contributed by atoms with Crippen LogP contribution in [0.5, 0.6) is 0 Å². The molecule has 1 aliphatic rings. The van der Waals surface area contributed by atoms with Gasteiger partial charge >= 0.3 is 0 Å². The standard InChI is InChI=1S/C12H19ClN4O/c1-9(2)8-17-12(18)11(13)10(7-15-17)16-5-3-14-4-6-16/h7,9,14H,3-6,8H2,1-2H3. The molecule has 1 aliphatic heterocycles. The first-order chi connectivity index (χ1) is 8.59. The van der Waals surface area contributed by atoms with Crippen LogP contribution >= 0.6 is 11.6 Å². The number of anilines is 1. The summed E-state index contributed by atoms with van der Waals surface area (Å²) in [5, 5.41) is 7.76. The summed E-state index contributed by atoms with van der Waals surface area (Å²) in [6, 6.07) is 0. The summed E-state index contributed by atoms with van der Waals surface area (Å²) in [7, 11) is 0. The highest BCUT2D eigenvalue weighted by atomic mass is 35.5. The number of nitrogens with one attached hydrogen (secondary N) is 1. The van der Waals surface area contributed by atoms with Crippen molar-refractivity contribution in [2.24, 2.45) is 5.92 Å². The first kappa shape index (κ1) is 13.4. The zero-order valence-corrected chi connectivity index (χ0v) is 11.6. The van der Waals surface area contributed by atoms with Crippen molar-refractivity contribution in [1.82, 2.24) is 15.1 Å². The molecule has 0 unspecified atom stereocenters. The van der Waals surface area contributed by atoms with E-state index in [0.717, 1.165) is 31.9 Å². The summed E-state index contributed by atoms with van der Waals surface area (Å²) >= 11 is 6.18.